The van der Waals surface area contributed by atoms with E-state index >= 15 is 0 Å². The molecule has 4 rings (SSSR count). The van der Waals surface area contributed by atoms with Gasteiger partial charge >= 0.3 is 0 Å². The van der Waals surface area contributed by atoms with Crippen molar-refractivity contribution >= 4 is 35.6 Å². The lowest BCUT2D eigenvalue weighted by Gasteiger charge is -2.37. The third kappa shape index (κ3) is 5.06. The van der Waals surface area contributed by atoms with Gasteiger partial charge in [-0.2, -0.15) is 0 Å². The van der Waals surface area contributed by atoms with Crippen molar-refractivity contribution in [3.8, 4) is 5.69 Å². The first-order valence-electron chi connectivity index (χ1n) is 9.55. The Morgan fingerprint density at radius 1 is 0.931 bits per heavy atom. The second-order valence-corrected chi connectivity index (χ2v) is 6.66. The molecule has 0 bridgehead atoms. The van der Waals surface area contributed by atoms with Crippen molar-refractivity contribution < 1.29 is 0 Å². The molecule has 0 saturated carbocycles. The van der Waals surface area contributed by atoms with E-state index in [0.29, 0.717) is 6.54 Å². The van der Waals surface area contributed by atoms with Crippen molar-refractivity contribution in [2.75, 3.05) is 38.1 Å². The molecule has 0 unspecified atom stereocenters. The Morgan fingerprint density at radius 3 is 2.17 bits per heavy atom. The average molecular weight is 503 g/mol. The maximum Gasteiger partial charge on any atom is 0.194 e. The number of hydrogen-bond acceptors (Lipinski definition) is 4. The second-order valence-electron chi connectivity index (χ2n) is 6.66. The first-order chi connectivity index (χ1) is 13.8. The van der Waals surface area contributed by atoms with Crippen LogP contribution >= 0.6 is 24.0 Å². The van der Waals surface area contributed by atoms with Crippen molar-refractivity contribution in [2.45, 2.75) is 6.54 Å². The molecule has 0 spiro atoms. The summed E-state index contributed by atoms with van der Waals surface area (Å²) in [7, 11) is 1.83. The van der Waals surface area contributed by atoms with Gasteiger partial charge < -0.3 is 15.1 Å². The minimum absolute atomic E-state index is 0. The molecule has 1 saturated heterocycles. The summed E-state index contributed by atoms with van der Waals surface area (Å²) in [5.74, 6) is 1.76. The number of hydrogen-bond donors (Lipinski definition) is 1. The molecule has 1 N–H and O–H groups in total. The molecule has 1 aliphatic rings. The SMILES string of the molecule is CN=C(NCc1nncn1-c1ccccc1)N1CCN(c2ccccc2)CC1.I. The third-order valence-corrected chi connectivity index (χ3v) is 4.97. The van der Waals surface area contributed by atoms with Crippen molar-refractivity contribution in [1.82, 2.24) is 25.0 Å². The van der Waals surface area contributed by atoms with Gasteiger partial charge in [0, 0.05) is 44.6 Å². The Balaban J connectivity index is 0.00000240. The molecule has 0 atom stereocenters. The number of para-hydroxylation sites is 2. The number of benzene rings is 2. The predicted molar refractivity (Wildman–Crippen MR) is 127 cm³/mol. The molecule has 0 radical (unpaired) electrons. The molecule has 29 heavy (non-hydrogen) atoms. The molecule has 8 heteroatoms. The van der Waals surface area contributed by atoms with E-state index in [0.717, 1.165) is 43.7 Å². The first-order valence-corrected chi connectivity index (χ1v) is 9.55. The lowest BCUT2D eigenvalue weighted by Crippen LogP contribution is -2.52. The van der Waals surface area contributed by atoms with Gasteiger partial charge in [0.15, 0.2) is 11.8 Å². The molecule has 0 amide bonds. The minimum atomic E-state index is 0. The summed E-state index contributed by atoms with van der Waals surface area (Å²) in [5.41, 5.74) is 2.33. The van der Waals surface area contributed by atoms with Crippen LogP contribution in [0.25, 0.3) is 5.69 Å². The highest BCUT2D eigenvalue weighted by molar-refractivity contribution is 14.0. The zero-order chi connectivity index (χ0) is 19.2. The summed E-state index contributed by atoms with van der Waals surface area (Å²) in [4.78, 5) is 9.17. The standard InChI is InChI=1S/C21H25N7.HI/c1-22-21(27-14-12-26(13-15-27)18-8-4-2-5-9-18)23-16-20-25-24-17-28(20)19-10-6-3-7-11-19;/h2-11,17H,12-16H2,1H3,(H,22,23);1H. The summed E-state index contributed by atoms with van der Waals surface area (Å²) >= 11 is 0. The lowest BCUT2D eigenvalue weighted by atomic mass is 10.2. The van der Waals surface area contributed by atoms with Crippen LogP contribution in [0.5, 0.6) is 0 Å². The van der Waals surface area contributed by atoms with Gasteiger partial charge in [-0.15, -0.1) is 34.2 Å². The van der Waals surface area contributed by atoms with E-state index in [1.54, 1.807) is 6.33 Å². The summed E-state index contributed by atoms with van der Waals surface area (Å²) in [6.45, 7) is 4.39. The molecular formula is C21H26IN7. The highest BCUT2D eigenvalue weighted by atomic mass is 127. The van der Waals surface area contributed by atoms with E-state index in [1.807, 2.05) is 41.9 Å². The van der Waals surface area contributed by atoms with Crippen LogP contribution in [0.1, 0.15) is 5.82 Å². The molecule has 2 aromatic carbocycles. The van der Waals surface area contributed by atoms with Gasteiger partial charge in [-0.25, -0.2) is 0 Å². The van der Waals surface area contributed by atoms with Gasteiger partial charge in [-0.3, -0.25) is 9.56 Å². The van der Waals surface area contributed by atoms with Gasteiger partial charge in [0.1, 0.15) is 6.33 Å². The molecular weight excluding hydrogens is 477 g/mol. The monoisotopic (exact) mass is 503 g/mol. The van der Waals surface area contributed by atoms with Crippen LogP contribution in [0.3, 0.4) is 0 Å². The lowest BCUT2D eigenvalue weighted by molar-refractivity contribution is 0.372. The van der Waals surface area contributed by atoms with Gasteiger partial charge in [-0.1, -0.05) is 36.4 Å². The van der Waals surface area contributed by atoms with Crippen molar-refractivity contribution in [1.29, 1.82) is 0 Å². The fourth-order valence-corrected chi connectivity index (χ4v) is 3.49. The van der Waals surface area contributed by atoms with Gasteiger partial charge in [0.05, 0.1) is 6.54 Å². The zero-order valence-electron chi connectivity index (χ0n) is 16.5. The fourth-order valence-electron chi connectivity index (χ4n) is 3.49. The average Bonchev–Trinajstić information content (AvgIpc) is 3.24. The first kappa shape index (κ1) is 21.1. The van der Waals surface area contributed by atoms with Gasteiger partial charge in [-0.05, 0) is 24.3 Å². The van der Waals surface area contributed by atoms with E-state index in [-0.39, 0.29) is 24.0 Å². The van der Waals surface area contributed by atoms with Crippen LogP contribution in [0, 0.1) is 0 Å². The second kappa shape index (κ2) is 10.2. The molecule has 0 aliphatic carbocycles. The van der Waals surface area contributed by atoms with E-state index < -0.39 is 0 Å². The van der Waals surface area contributed by atoms with Gasteiger partial charge in [0.2, 0.25) is 0 Å². The maximum absolute atomic E-state index is 4.47. The Bertz CT molecular complexity index is 903. The number of nitrogens with zero attached hydrogens (tertiary/aromatic N) is 6. The number of aromatic nitrogens is 3. The largest absolute Gasteiger partial charge is 0.368 e. The Morgan fingerprint density at radius 2 is 1.55 bits per heavy atom. The zero-order valence-corrected chi connectivity index (χ0v) is 18.8. The number of anilines is 1. The van der Waals surface area contributed by atoms with Crippen LogP contribution in [-0.2, 0) is 6.54 Å². The van der Waals surface area contributed by atoms with Crippen LogP contribution in [0.2, 0.25) is 0 Å². The van der Waals surface area contributed by atoms with Crippen molar-refractivity contribution in [3.63, 3.8) is 0 Å². The quantitative estimate of drug-likeness (QED) is 0.337. The molecule has 152 valence electrons. The molecule has 3 aromatic rings. The Hall–Kier alpha value is -2.62. The number of guanidine groups is 1. The summed E-state index contributed by atoms with van der Waals surface area (Å²) in [6, 6.07) is 20.7. The highest BCUT2D eigenvalue weighted by Crippen LogP contribution is 2.15. The Kier molecular flexibility index (Phi) is 7.45. The normalized spacial score (nSPS) is 14.4. The topological polar surface area (TPSA) is 61.6 Å². The van der Waals surface area contributed by atoms with E-state index in [1.165, 1.54) is 5.69 Å². The smallest absolute Gasteiger partial charge is 0.194 e. The fraction of sp³-hybridized carbons (Fsp3) is 0.286. The highest BCUT2D eigenvalue weighted by Gasteiger charge is 2.20. The van der Waals surface area contributed by atoms with E-state index in [2.05, 4.69) is 60.6 Å². The van der Waals surface area contributed by atoms with E-state index in [9.17, 15) is 0 Å². The third-order valence-electron chi connectivity index (χ3n) is 4.97. The predicted octanol–water partition coefficient (Wildman–Crippen LogP) is 2.78. The molecule has 7 nitrogen and oxygen atoms in total. The molecule has 1 fully saturated rings. The van der Waals surface area contributed by atoms with Crippen LogP contribution in [0.15, 0.2) is 72.0 Å². The van der Waals surface area contributed by atoms with Crippen LogP contribution < -0.4 is 10.2 Å². The summed E-state index contributed by atoms with van der Waals surface area (Å²) in [6.07, 6.45) is 1.74. The Labute approximate surface area is 188 Å². The van der Waals surface area contributed by atoms with Crippen molar-refractivity contribution in [2.24, 2.45) is 4.99 Å². The van der Waals surface area contributed by atoms with Crippen molar-refractivity contribution in [3.05, 3.63) is 72.8 Å². The number of halogens is 1. The number of rotatable bonds is 4. The molecule has 1 aliphatic heterocycles. The molecule has 1 aromatic heterocycles. The maximum atomic E-state index is 4.47. The summed E-state index contributed by atoms with van der Waals surface area (Å²) < 4.78 is 1.99. The van der Waals surface area contributed by atoms with Gasteiger partial charge in [0.25, 0.3) is 0 Å². The summed E-state index contributed by atoms with van der Waals surface area (Å²) in [5, 5.41) is 11.8. The van der Waals surface area contributed by atoms with Crippen LogP contribution in [0.4, 0.5) is 5.69 Å². The number of piperazine rings is 1. The number of nitrogens with one attached hydrogen (secondary N) is 1. The minimum Gasteiger partial charge on any atom is -0.368 e. The van der Waals surface area contributed by atoms with E-state index in [4.69, 9.17) is 0 Å². The molecule has 2 heterocycles. The number of aliphatic imine (C=N–C) groups is 1. The van der Waals surface area contributed by atoms with Crippen LogP contribution in [-0.4, -0.2) is 58.9 Å².